The summed E-state index contributed by atoms with van der Waals surface area (Å²) in [6, 6.07) is 14.1. The van der Waals surface area contributed by atoms with Gasteiger partial charge in [0.25, 0.3) is 0 Å². The SMILES string of the molecule is Cc1ccc(N)cc1NC(=O)CC(C)c1ccc(C(C)C)cc1. The number of anilines is 2. The number of nitrogens with two attached hydrogens (primary N) is 1. The largest absolute Gasteiger partial charge is 0.399 e. The summed E-state index contributed by atoms with van der Waals surface area (Å²) in [7, 11) is 0. The van der Waals surface area contributed by atoms with Crippen molar-refractivity contribution in [3.8, 4) is 0 Å². The normalized spacial score (nSPS) is 12.2. The maximum atomic E-state index is 12.3. The lowest BCUT2D eigenvalue weighted by molar-refractivity contribution is -0.116. The van der Waals surface area contributed by atoms with Gasteiger partial charge in [-0.2, -0.15) is 0 Å². The number of hydrogen-bond acceptors (Lipinski definition) is 2. The highest BCUT2D eigenvalue weighted by atomic mass is 16.1. The Morgan fingerprint density at radius 3 is 2.26 bits per heavy atom. The Balaban J connectivity index is 2.00. The summed E-state index contributed by atoms with van der Waals surface area (Å²) in [6.07, 6.45) is 0.454. The average Bonchev–Trinajstić information content (AvgIpc) is 2.51. The second kappa shape index (κ2) is 7.32. The van der Waals surface area contributed by atoms with Gasteiger partial charge in [-0.3, -0.25) is 4.79 Å². The number of carbonyl (C=O) groups excluding carboxylic acids is 1. The first kappa shape index (κ1) is 17.1. The Kier molecular flexibility index (Phi) is 5.43. The molecule has 3 N–H and O–H groups in total. The Labute approximate surface area is 138 Å². The van der Waals surface area contributed by atoms with Gasteiger partial charge >= 0.3 is 0 Å². The predicted octanol–water partition coefficient (Wildman–Crippen LogP) is 4.83. The number of hydrogen-bond donors (Lipinski definition) is 2. The van der Waals surface area contributed by atoms with Gasteiger partial charge in [-0.1, -0.05) is 51.1 Å². The highest BCUT2D eigenvalue weighted by molar-refractivity contribution is 5.92. The molecule has 0 saturated heterocycles. The van der Waals surface area contributed by atoms with Crippen LogP contribution in [0.25, 0.3) is 0 Å². The molecule has 1 atom stereocenters. The van der Waals surface area contributed by atoms with Gasteiger partial charge in [0.05, 0.1) is 0 Å². The lowest BCUT2D eigenvalue weighted by Crippen LogP contribution is -2.15. The third-order valence-corrected chi connectivity index (χ3v) is 4.20. The zero-order valence-electron chi connectivity index (χ0n) is 14.4. The molecule has 0 saturated carbocycles. The molecule has 122 valence electrons. The number of benzene rings is 2. The molecule has 0 aliphatic heterocycles. The summed E-state index contributed by atoms with van der Waals surface area (Å²) in [5.74, 6) is 0.714. The van der Waals surface area contributed by atoms with Gasteiger partial charge in [0.15, 0.2) is 0 Å². The Morgan fingerprint density at radius 2 is 1.65 bits per heavy atom. The van der Waals surface area contributed by atoms with Crippen LogP contribution in [0.3, 0.4) is 0 Å². The topological polar surface area (TPSA) is 55.1 Å². The molecular formula is C20H26N2O. The van der Waals surface area contributed by atoms with Gasteiger partial charge in [0.2, 0.25) is 5.91 Å². The summed E-state index contributed by atoms with van der Waals surface area (Å²) < 4.78 is 0. The van der Waals surface area contributed by atoms with Crippen LogP contribution in [-0.4, -0.2) is 5.91 Å². The monoisotopic (exact) mass is 310 g/mol. The summed E-state index contributed by atoms with van der Waals surface area (Å²) >= 11 is 0. The third-order valence-electron chi connectivity index (χ3n) is 4.20. The van der Waals surface area contributed by atoms with E-state index < -0.39 is 0 Å². The molecule has 0 aliphatic carbocycles. The van der Waals surface area contributed by atoms with E-state index in [1.165, 1.54) is 11.1 Å². The Hall–Kier alpha value is -2.29. The maximum Gasteiger partial charge on any atom is 0.224 e. The molecule has 0 heterocycles. The Morgan fingerprint density at radius 1 is 1.04 bits per heavy atom. The lowest BCUT2D eigenvalue weighted by Gasteiger charge is -2.15. The van der Waals surface area contributed by atoms with Crippen molar-refractivity contribution < 1.29 is 4.79 Å². The van der Waals surface area contributed by atoms with Crippen molar-refractivity contribution in [3.05, 3.63) is 59.2 Å². The molecule has 0 radical (unpaired) electrons. The van der Waals surface area contributed by atoms with Crippen LogP contribution in [0.2, 0.25) is 0 Å². The molecule has 0 aliphatic rings. The van der Waals surface area contributed by atoms with Crippen LogP contribution in [0.4, 0.5) is 11.4 Å². The molecule has 3 heteroatoms. The van der Waals surface area contributed by atoms with E-state index in [0.29, 0.717) is 18.0 Å². The molecule has 1 unspecified atom stereocenters. The first-order chi connectivity index (χ1) is 10.9. The smallest absolute Gasteiger partial charge is 0.224 e. The molecule has 0 bridgehead atoms. The highest BCUT2D eigenvalue weighted by Crippen LogP contribution is 2.24. The van der Waals surface area contributed by atoms with Crippen molar-refractivity contribution in [1.29, 1.82) is 0 Å². The number of aryl methyl sites for hydroxylation is 1. The fraction of sp³-hybridized carbons (Fsp3) is 0.350. The van der Waals surface area contributed by atoms with Crippen molar-refractivity contribution >= 4 is 17.3 Å². The summed E-state index contributed by atoms with van der Waals surface area (Å²) in [4.78, 5) is 12.3. The minimum absolute atomic E-state index is 0.0131. The van der Waals surface area contributed by atoms with Crippen LogP contribution in [0.5, 0.6) is 0 Å². The fourth-order valence-electron chi connectivity index (χ4n) is 2.58. The van der Waals surface area contributed by atoms with Crippen LogP contribution < -0.4 is 11.1 Å². The molecule has 3 nitrogen and oxygen atoms in total. The predicted molar refractivity (Wildman–Crippen MR) is 97.8 cm³/mol. The van der Waals surface area contributed by atoms with E-state index >= 15 is 0 Å². The number of rotatable bonds is 5. The third kappa shape index (κ3) is 4.59. The Bertz CT molecular complexity index is 675. The van der Waals surface area contributed by atoms with Crippen LogP contribution in [-0.2, 0) is 4.79 Å². The van der Waals surface area contributed by atoms with Crippen molar-refractivity contribution in [2.75, 3.05) is 11.1 Å². The van der Waals surface area contributed by atoms with Gasteiger partial charge < -0.3 is 11.1 Å². The molecule has 0 spiro atoms. The van der Waals surface area contributed by atoms with Crippen molar-refractivity contribution in [2.45, 2.75) is 46.0 Å². The van der Waals surface area contributed by atoms with E-state index in [9.17, 15) is 4.79 Å². The van der Waals surface area contributed by atoms with Crippen molar-refractivity contribution in [3.63, 3.8) is 0 Å². The van der Waals surface area contributed by atoms with Crippen molar-refractivity contribution in [1.82, 2.24) is 0 Å². The maximum absolute atomic E-state index is 12.3. The van der Waals surface area contributed by atoms with Crippen molar-refractivity contribution in [2.24, 2.45) is 0 Å². The van der Waals surface area contributed by atoms with E-state index in [-0.39, 0.29) is 11.8 Å². The number of nitrogens with one attached hydrogen (secondary N) is 1. The summed E-state index contributed by atoms with van der Waals surface area (Å²) in [6.45, 7) is 8.40. The zero-order chi connectivity index (χ0) is 17.0. The van der Waals surface area contributed by atoms with Crippen LogP contribution in [0, 0.1) is 6.92 Å². The molecule has 2 rings (SSSR count). The van der Waals surface area contributed by atoms with Crippen LogP contribution >= 0.6 is 0 Å². The van der Waals surface area contributed by atoms with E-state index in [2.05, 4.69) is 50.4 Å². The molecule has 2 aromatic rings. The highest BCUT2D eigenvalue weighted by Gasteiger charge is 2.13. The minimum Gasteiger partial charge on any atom is -0.399 e. The first-order valence-corrected chi connectivity index (χ1v) is 8.12. The molecule has 0 fully saturated rings. The average molecular weight is 310 g/mol. The summed E-state index contributed by atoms with van der Waals surface area (Å²) in [5, 5.41) is 2.96. The zero-order valence-corrected chi connectivity index (χ0v) is 14.4. The molecular weight excluding hydrogens is 284 g/mol. The number of carbonyl (C=O) groups is 1. The van der Waals surface area contributed by atoms with Gasteiger partial charge in [-0.25, -0.2) is 0 Å². The van der Waals surface area contributed by atoms with E-state index in [1.807, 2.05) is 19.1 Å². The molecule has 2 aromatic carbocycles. The molecule has 0 aromatic heterocycles. The first-order valence-electron chi connectivity index (χ1n) is 8.12. The quantitative estimate of drug-likeness (QED) is 0.777. The van der Waals surface area contributed by atoms with E-state index in [0.717, 1.165) is 11.3 Å². The van der Waals surface area contributed by atoms with Gasteiger partial charge in [-0.15, -0.1) is 0 Å². The lowest BCUT2D eigenvalue weighted by atomic mass is 9.94. The number of amides is 1. The summed E-state index contributed by atoms with van der Waals surface area (Å²) in [5.41, 5.74) is 10.8. The molecule has 1 amide bonds. The van der Waals surface area contributed by atoms with Crippen LogP contribution in [0.1, 0.15) is 55.7 Å². The van der Waals surface area contributed by atoms with Crippen LogP contribution in [0.15, 0.2) is 42.5 Å². The number of nitrogen functional groups attached to an aromatic ring is 1. The van der Waals surface area contributed by atoms with E-state index in [1.54, 1.807) is 6.07 Å². The minimum atomic E-state index is 0.0131. The second-order valence-electron chi connectivity index (χ2n) is 6.55. The van der Waals surface area contributed by atoms with E-state index in [4.69, 9.17) is 5.73 Å². The standard InChI is InChI=1S/C20H26N2O/c1-13(2)16-6-8-17(9-7-16)15(4)11-20(23)22-19-12-18(21)10-5-14(19)3/h5-10,12-13,15H,11,21H2,1-4H3,(H,22,23). The van der Waals surface area contributed by atoms with Gasteiger partial charge in [0, 0.05) is 17.8 Å². The van der Waals surface area contributed by atoms with Gasteiger partial charge in [-0.05, 0) is 47.6 Å². The van der Waals surface area contributed by atoms with Gasteiger partial charge in [0.1, 0.15) is 0 Å². The fourth-order valence-corrected chi connectivity index (χ4v) is 2.58. The molecule has 23 heavy (non-hydrogen) atoms. The second-order valence-corrected chi connectivity index (χ2v) is 6.55.